The Bertz CT molecular complexity index is 798. The molecule has 25 heavy (non-hydrogen) atoms. The van der Waals surface area contributed by atoms with E-state index in [-0.39, 0.29) is 0 Å². The Morgan fingerprint density at radius 1 is 1.24 bits per heavy atom. The van der Waals surface area contributed by atoms with Crippen molar-refractivity contribution in [3.63, 3.8) is 0 Å². The van der Waals surface area contributed by atoms with E-state index in [2.05, 4.69) is 6.07 Å². The van der Waals surface area contributed by atoms with E-state index in [1.807, 2.05) is 47.4 Å². The second kappa shape index (κ2) is 7.82. The third kappa shape index (κ3) is 4.37. The van der Waals surface area contributed by atoms with Crippen molar-refractivity contribution in [2.24, 2.45) is 0 Å². The quantitative estimate of drug-likeness (QED) is 0.877. The van der Waals surface area contributed by atoms with Gasteiger partial charge in [-0.05, 0) is 54.8 Å². The summed E-state index contributed by atoms with van der Waals surface area (Å²) in [5, 5.41) is 18.2. The van der Waals surface area contributed by atoms with Crippen molar-refractivity contribution in [1.82, 2.24) is 4.90 Å². The predicted octanol–water partition coefficient (Wildman–Crippen LogP) is 3.19. The van der Waals surface area contributed by atoms with Gasteiger partial charge in [-0.15, -0.1) is 0 Å². The Kier molecular flexibility index (Phi) is 5.32. The Hall–Kier alpha value is -2.84. The average Bonchev–Trinajstić information content (AvgIpc) is 3.09. The third-order valence-electron chi connectivity index (χ3n) is 4.39. The van der Waals surface area contributed by atoms with Gasteiger partial charge in [0.05, 0.1) is 11.6 Å². The molecule has 1 fully saturated rings. The van der Waals surface area contributed by atoms with Crippen LogP contribution in [0.3, 0.4) is 0 Å². The number of benzene rings is 2. The molecule has 0 amide bonds. The van der Waals surface area contributed by atoms with Gasteiger partial charge in [0.25, 0.3) is 0 Å². The molecule has 0 spiro atoms. The molecule has 0 aliphatic carbocycles. The summed E-state index contributed by atoms with van der Waals surface area (Å²) in [7, 11) is 0. The van der Waals surface area contributed by atoms with Crippen LogP contribution in [-0.2, 0) is 17.9 Å². The van der Waals surface area contributed by atoms with Crippen molar-refractivity contribution < 1.29 is 14.6 Å². The van der Waals surface area contributed by atoms with E-state index in [0.717, 1.165) is 29.8 Å². The molecule has 0 saturated carbocycles. The summed E-state index contributed by atoms with van der Waals surface area (Å²) in [6.45, 7) is 1.81. The first-order valence-corrected chi connectivity index (χ1v) is 8.33. The van der Waals surface area contributed by atoms with Gasteiger partial charge in [0.2, 0.25) is 0 Å². The van der Waals surface area contributed by atoms with Crippen LogP contribution >= 0.6 is 0 Å². The van der Waals surface area contributed by atoms with Crippen molar-refractivity contribution >= 4 is 5.97 Å². The number of nitrogens with zero attached hydrogens (tertiary/aromatic N) is 2. The van der Waals surface area contributed by atoms with E-state index in [0.29, 0.717) is 25.1 Å². The summed E-state index contributed by atoms with van der Waals surface area (Å²) in [5.74, 6) is -0.00629. The Morgan fingerprint density at radius 2 is 2.04 bits per heavy atom. The minimum absolute atomic E-state index is 0.389. The van der Waals surface area contributed by atoms with E-state index in [1.165, 1.54) is 0 Å². The van der Waals surface area contributed by atoms with Crippen LogP contribution in [0.1, 0.15) is 29.5 Å². The minimum atomic E-state index is -0.748. The molecule has 1 aliphatic rings. The van der Waals surface area contributed by atoms with E-state index >= 15 is 0 Å². The molecule has 2 aromatic carbocycles. The fourth-order valence-electron chi connectivity index (χ4n) is 3.16. The lowest BCUT2D eigenvalue weighted by Gasteiger charge is -2.21. The highest BCUT2D eigenvalue weighted by atomic mass is 16.5. The third-order valence-corrected chi connectivity index (χ3v) is 4.39. The monoisotopic (exact) mass is 336 g/mol. The molecule has 3 rings (SSSR count). The molecule has 5 nitrogen and oxygen atoms in total. The molecule has 0 bridgehead atoms. The Labute approximate surface area is 147 Å². The Balaban J connectivity index is 1.63. The lowest BCUT2D eigenvalue weighted by Crippen LogP contribution is -2.35. The SMILES string of the molecule is N#Cc1cccc(COc2cccc(CN3CCC[C@H]3C(=O)O)c2)c1. The van der Waals surface area contributed by atoms with Crippen LogP contribution in [-0.4, -0.2) is 28.6 Å². The number of ether oxygens (including phenoxy) is 1. The van der Waals surface area contributed by atoms with Gasteiger partial charge in [-0.2, -0.15) is 5.26 Å². The highest BCUT2D eigenvalue weighted by Crippen LogP contribution is 2.22. The second-order valence-electron chi connectivity index (χ2n) is 6.22. The minimum Gasteiger partial charge on any atom is -0.489 e. The summed E-state index contributed by atoms with van der Waals surface area (Å²) in [6, 6.07) is 16.8. The van der Waals surface area contributed by atoms with E-state index in [1.54, 1.807) is 6.07 Å². The molecule has 1 N–H and O–H groups in total. The van der Waals surface area contributed by atoms with Crippen LogP contribution in [0, 0.1) is 11.3 Å². The zero-order chi connectivity index (χ0) is 17.6. The fraction of sp³-hybridized carbons (Fsp3) is 0.300. The van der Waals surface area contributed by atoms with Gasteiger partial charge in [-0.3, -0.25) is 9.69 Å². The maximum absolute atomic E-state index is 11.3. The van der Waals surface area contributed by atoms with Gasteiger partial charge >= 0.3 is 5.97 Å². The first-order chi connectivity index (χ1) is 12.2. The van der Waals surface area contributed by atoms with E-state index in [4.69, 9.17) is 10.00 Å². The predicted molar refractivity (Wildman–Crippen MR) is 93.0 cm³/mol. The summed E-state index contributed by atoms with van der Waals surface area (Å²) in [4.78, 5) is 13.3. The molecule has 5 heteroatoms. The maximum Gasteiger partial charge on any atom is 0.320 e. The number of likely N-dealkylation sites (tertiary alicyclic amines) is 1. The standard InChI is InChI=1S/C20H20N2O3/c21-12-15-4-1-6-17(10-15)14-25-18-7-2-5-16(11-18)13-22-9-3-8-19(22)20(23)24/h1-2,4-7,10-11,19H,3,8-9,13-14H2,(H,23,24)/t19-/m0/s1. The molecule has 1 heterocycles. The number of rotatable bonds is 6. The fourth-order valence-corrected chi connectivity index (χ4v) is 3.16. The number of carboxylic acid groups (broad SMARTS) is 1. The first kappa shape index (κ1) is 17.0. The van der Waals surface area contributed by atoms with Crippen LogP contribution in [0.25, 0.3) is 0 Å². The van der Waals surface area contributed by atoms with Crippen molar-refractivity contribution in [3.8, 4) is 11.8 Å². The van der Waals surface area contributed by atoms with Gasteiger partial charge < -0.3 is 9.84 Å². The van der Waals surface area contributed by atoms with Gasteiger partial charge in [0.1, 0.15) is 18.4 Å². The zero-order valence-electron chi connectivity index (χ0n) is 13.9. The van der Waals surface area contributed by atoms with Crippen molar-refractivity contribution in [2.45, 2.75) is 32.0 Å². The number of hydrogen-bond acceptors (Lipinski definition) is 4. The normalized spacial score (nSPS) is 17.2. The Morgan fingerprint density at radius 3 is 2.84 bits per heavy atom. The van der Waals surface area contributed by atoms with E-state index < -0.39 is 12.0 Å². The number of aliphatic carboxylic acids is 1. The molecule has 0 unspecified atom stereocenters. The lowest BCUT2D eigenvalue weighted by atomic mass is 10.1. The molecular weight excluding hydrogens is 316 g/mol. The van der Waals surface area contributed by atoms with Crippen LogP contribution < -0.4 is 4.74 Å². The summed E-state index contributed by atoms with van der Waals surface area (Å²) in [6.07, 6.45) is 1.63. The maximum atomic E-state index is 11.3. The van der Waals surface area contributed by atoms with Crippen LogP contribution in [0.5, 0.6) is 5.75 Å². The number of hydrogen-bond donors (Lipinski definition) is 1. The van der Waals surface area contributed by atoms with Crippen LogP contribution in [0.4, 0.5) is 0 Å². The van der Waals surface area contributed by atoms with Crippen molar-refractivity contribution in [1.29, 1.82) is 5.26 Å². The van der Waals surface area contributed by atoms with Crippen molar-refractivity contribution in [3.05, 3.63) is 65.2 Å². The smallest absolute Gasteiger partial charge is 0.320 e. The molecular formula is C20H20N2O3. The highest BCUT2D eigenvalue weighted by Gasteiger charge is 2.30. The van der Waals surface area contributed by atoms with Gasteiger partial charge in [0.15, 0.2) is 0 Å². The molecule has 1 saturated heterocycles. The largest absolute Gasteiger partial charge is 0.489 e. The number of carbonyl (C=O) groups is 1. The molecule has 0 radical (unpaired) electrons. The highest BCUT2D eigenvalue weighted by molar-refractivity contribution is 5.73. The van der Waals surface area contributed by atoms with Crippen molar-refractivity contribution in [2.75, 3.05) is 6.54 Å². The van der Waals surface area contributed by atoms with Crippen LogP contribution in [0.2, 0.25) is 0 Å². The molecule has 128 valence electrons. The molecule has 1 atom stereocenters. The van der Waals surface area contributed by atoms with Crippen LogP contribution in [0.15, 0.2) is 48.5 Å². The van der Waals surface area contributed by atoms with Gasteiger partial charge in [0, 0.05) is 6.54 Å². The molecule has 2 aromatic rings. The number of carboxylic acids is 1. The van der Waals surface area contributed by atoms with Gasteiger partial charge in [-0.25, -0.2) is 0 Å². The summed E-state index contributed by atoms with van der Waals surface area (Å²) in [5.41, 5.74) is 2.59. The zero-order valence-corrected chi connectivity index (χ0v) is 13.9. The topological polar surface area (TPSA) is 73.6 Å². The second-order valence-corrected chi connectivity index (χ2v) is 6.22. The number of nitriles is 1. The molecule has 1 aliphatic heterocycles. The van der Waals surface area contributed by atoms with E-state index in [9.17, 15) is 9.90 Å². The molecule has 0 aromatic heterocycles. The summed E-state index contributed by atoms with van der Waals surface area (Å²) < 4.78 is 5.83. The van der Waals surface area contributed by atoms with Gasteiger partial charge in [-0.1, -0.05) is 24.3 Å². The average molecular weight is 336 g/mol. The first-order valence-electron chi connectivity index (χ1n) is 8.33. The summed E-state index contributed by atoms with van der Waals surface area (Å²) >= 11 is 0. The lowest BCUT2D eigenvalue weighted by molar-refractivity contribution is -0.142.